The number of thioether (sulfide) groups is 1. The van der Waals surface area contributed by atoms with Crippen molar-refractivity contribution in [1.82, 2.24) is 4.90 Å². The maximum Gasteiger partial charge on any atom is 0.0772 e. The van der Waals surface area contributed by atoms with Crippen molar-refractivity contribution in [3.05, 3.63) is 28.2 Å². The molecule has 0 aliphatic carbocycles. The molecule has 0 unspecified atom stereocenters. The van der Waals surface area contributed by atoms with Gasteiger partial charge in [0.15, 0.2) is 0 Å². The van der Waals surface area contributed by atoms with Crippen LogP contribution in [0.5, 0.6) is 0 Å². The highest BCUT2D eigenvalue weighted by Crippen LogP contribution is 2.28. The van der Waals surface area contributed by atoms with Crippen LogP contribution in [0, 0.1) is 0 Å². The molecule has 0 heterocycles. The summed E-state index contributed by atoms with van der Waals surface area (Å²) in [6.45, 7) is 2.85. The molecule has 4 heteroatoms. The normalized spacial score (nSPS) is 13.1. The molecule has 1 N–H and O–H groups in total. The number of benzene rings is 1. The molecular formula is C12H18BrNOS. The molecule has 0 radical (unpaired) electrons. The van der Waals surface area contributed by atoms with Crippen LogP contribution in [0.2, 0.25) is 0 Å². The second-order valence-corrected chi connectivity index (χ2v) is 6.03. The van der Waals surface area contributed by atoms with E-state index in [1.807, 2.05) is 17.8 Å². The summed E-state index contributed by atoms with van der Waals surface area (Å²) in [5.74, 6) is 1.08. The van der Waals surface area contributed by atoms with E-state index in [4.69, 9.17) is 0 Å². The van der Waals surface area contributed by atoms with Crippen LogP contribution in [0.25, 0.3) is 0 Å². The number of hydrogen-bond donors (Lipinski definition) is 1. The highest BCUT2D eigenvalue weighted by atomic mass is 79.9. The van der Waals surface area contributed by atoms with Gasteiger partial charge in [0.05, 0.1) is 6.10 Å². The summed E-state index contributed by atoms with van der Waals surface area (Å²) >= 11 is 5.31. The lowest BCUT2D eigenvalue weighted by molar-refractivity contribution is 0.198. The van der Waals surface area contributed by atoms with Gasteiger partial charge in [-0.3, -0.25) is 0 Å². The summed E-state index contributed by atoms with van der Waals surface area (Å²) in [6, 6.07) is 6.11. The van der Waals surface area contributed by atoms with Crippen LogP contribution in [0.15, 0.2) is 27.6 Å². The maximum absolute atomic E-state index is 9.50. The number of aliphatic hydroxyl groups excluding tert-OH is 1. The van der Waals surface area contributed by atoms with Gasteiger partial charge in [-0.1, -0.05) is 22.0 Å². The van der Waals surface area contributed by atoms with Crippen LogP contribution in [0.1, 0.15) is 18.6 Å². The lowest BCUT2D eigenvalue weighted by atomic mass is 10.1. The minimum absolute atomic E-state index is 0.421. The molecule has 1 aromatic carbocycles. The zero-order chi connectivity index (χ0) is 12.1. The second kappa shape index (κ2) is 6.64. The highest BCUT2D eigenvalue weighted by molar-refractivity contribution is 9.10. The summed E-state index contributed by atoms with van der Waals surface area (Å²) in [5, 5.41) is 9.50. The number of hydrogen-bond acceptors (Lipinski definition) is 3. The van der Waals surface area contributed by atoms with E-state index < -0.39 is 6.10 Å². The smallest absolute Gasteiger partial charge is 0.0772 e. The Morgan fingerprint density at radius 2 is 2.12 bits per heavy atom. The minimum atomic E-state index is -0.421. The van der Waals surface area contributed by atoms with Crippen molar-refractivity contribution < 1.29 is 5.11 Å². The second-order valence-electron chi connectivity index (χ2n) is 4.01. The van der Waals surface area contributed by atoms with Gasteiger partial charge >= 0.3 is 0 Å². The lowest BCUT2D eigenvalue weighted by Gasteiger charge is -2.11. The minimum Gasteiger partial charge on any atom is -0.389 e. The van der Waals surface area contributed by atoms with Crippen LogP contribution in [-0.2, 0) is 0 Å². The first kappa shape index (κ1) is 14.0. The third kappa shape index (κ3) is 4.45. The van der Waals surface area contributed by atoms with Crippen LogP contribution in [0.3, 0.4) is 0 Å². The van der Waals surface area contributed by atoms with Crippen molar-refractivity contribution in [3.8, 4) is 0 Å². The maximum atomic E-state index is 9.50. The fraction of sp³-hybridized carbons (Fsp3) is 0.500. The average molecular weight is 304 g/mol. The van der Waals surface area contributed by atoms with E-state index in [0.717, 1.165) is 22.3 Å². The van der Waals surface area contributed by atoms with E-state index >= 15 is 0 Å². The number of rotatable bonds is 5. The Morgan fingerprint density at radius 3 is 2.62 bits per heavy atom. The van der Waals surface area contributed by atoms with Crippen molar-refractivity contribution in [2.45, 2.75) is 17.9 Å². The molecule has 0 bridgehead atoms. The highest BCUT2D eigenvalue weighted by Gasteiger charge is 2.06. The van der Waals surface area contributed by atoms with E-state index in [9.17, 15) is 5.11 Å². The Kier molecular flexibility index (Phi) is 5.83. The van der Waals surface area contributed by atoms with Gasteiger partial charge in [-0.25, -0.2) is 0 Å². The Morgan fingerprint density at radius 1 is 1.44 bits per heavy atom. The van der Waals surface area contributed by atoms with Crippen LogP contribution in [-0.4, -0.2) is 36.4 Å². The zero-order valence-electron chi connectivity index (χ0n) is 9.90. The summed E-state index contributed by atoms with van der Waals surface area (Å²) in [7, 11) is 4.15. The first-order valence-corrected chi connectivity index (χ1v) is 7.03. The average Bonchev–Trinajstić information content (AvgIpc) is 2.16. The molecule has 0 amide bonds. The van der Waals surface area contributed by atoms with Gasteiger partial charge in [0.25, 0.3) is 0 Å². The van der Waals surface area contributed by atoms with E-state index in [1.54, 1.807) is 6.92 Å². The van der Waals surface area contributed by atoms with Gasteiger partial charge in [0.1, 0.15) is 0 Å². The van der Waals surface area contributed by atoms with E-state index in [1.165, 1.54) is 4.90 Å². The summed E-state index contributed by atoms with van der Waals surface area (Å²) in [6.07, 6.45) is -0.421. The molecule has 90 valence electrons. The van der Waals surface area contributed by atoms with E-state index in [0.29, 0.717) is 0 Å². The Labute approximate surface area is 110 Å². The SMILES string of the molecule is C[C@@H](O)c1ccc(SCCN(C)C)cc1Br. The van der Waals surface area contributed by atoms with Gasteiger partial charge in [0.2, 0.25) is 0 Å². The van der Waals surface area contributed by atoms with Gasteiger partial charge < -0.3 is 10.0 Å². The van der Waals surface area contributed by atoms with E-state index in [-0.39, 0.29) is 0 Å². The Balaban J connectivity index is 2.59. The van der Waals surface area contributed by atoms with Crippen LogP contribution >= 0.6 is 27.7 Å². The number of nitrogens with zero attached hydrogens (tertiary/aromatic N) is 1. The van der Waals surface area contributed by atoms with Crippen molar-refractivity contribution in [3.63, 3.8) is 0 Å². The molecule has 0 aliphatic heterocycles. The summed E-state index contributed by atoms with van der Waals surface area (Å²) in [5.41, 5.74) is 0.942. The Bertz CT molecular complexity index is 342. The van der Waals surface area contributed by atoms with Crippen LogP contribution in [0.4, 0.5) is 0 Å². The van der Waals surface area contributed by atoms with Gasteiger partial charge in [-0.2, -0.15) is 0 Å². The summed E-state index contributed by atoms with van der Waals surface area (Å²) in [4.78, 5) is 3.41. The fourth-order valence-electron chi connectivity index (χ4n) is 1.28. The van der Waals surface area contributed by atoms with Gasteiger partial charge in [0, 0.05) is 21.7 Å². The predicted octanol–water partition coefficient (Wildman–Crippen LogP) is 3.16. The molecule has 0 fully saturated rings. The first-order chi connectivity index (χ1) is 7.50. The van der Waals surface area contributed by atoms with Gasteiger partial charge in [-0.15, -0.1) is 11.8 Å². The predicted molar refractivity (Wildman–Crippen MR) is 74.1 cm³/mol. The third-order valence-corrected chi connectivity index (χ3v) is 3.89. The quantitative estimate of drug-likeness (QED) is 0.845. The molecule has 0 saturated heterocycles. The third-order valence-electron chi connectivity index (χ3n) is 2.23. The molecule has 0 aliphatic rings. The molecule has 1 rings (SSSR count). The zero-order valence-corrected chi connectivity index (χ0v) is 12.3. The lowest BCUT2D eigenvalue weighted by Crippen LogP contribution is -2.14. The van der Waals surface area contributed by atoms with Crippen molar-refractivity contribution >= 4 is 27.7 Å². The topological polar surface area (TPSA) is 23.5 Å². The summed E-state index contributed by atoms with van der Waals surface area (Å²) < 4.78 is 0.984. The molecule has 16 heavy (non-hydrogen) atoms. The van der Waals surface area contributed by atoms with Crippen molar-refractivity contribution in [1.29, 1.82) is 0 Å². The number of halogens is 1. The first-order valence-electron chi connectivity index (χ1n) is 5.25. The molecule has 0 saturated carbocycles. The van der Waals surface area contributed by atoms with Crippen molar-refractivity contribution in [2.75, 3.05) is 26.4 Å². The molecular weight excluding hydrogens is 286 g/mol. The Hall–Kier alpha value is -0.0300. The molecule has 2 nitrogen and oxygen atoms in total. The monoisotopic (exact) mass is 303 g/mol. The standard InChI is InChI=1S/C12H18BrNOS/c1-9(15)11-5-4-10(8-12(11)13)16-7-6-14(2)3/h4-5,8-9,15H,6-7H2,1-3H3/t9-/m1/s1. The molecule has 1 atom stereocenters. The molecule has 0 aromatic heterocycles. The molecule has 1 aromatic rings. The van der Waals surface area contributed by atoms with E-state index in [2.05, 4.69) is 47.1 Å². The molecule has 0 spiro atoms. The number of aliphatic hydroxyl groups is 1. The van der Waals surface area contributed by atoms with Gasteiger partial charge in [-0.05, 0) is 38.7 Å². The largest absolute Gasteiger partial charge is 0.389 e. The fourth-order valence-corrected chi connectivity index (χ4v) is 3.20. The van der Waals surface area contributed by atoms with Crippen molar-refractivity contribution in [2.24, 2.45) is 0 Å². The van der Waals surface area contributed by atoms with Crippen LogP contribution < -0.4 is 0 Å².